The predicted octanol–water partition coefficient (Wildman–Crippen LogP) is 2.67. The minimum absolute atomic E-state index is 0.0447. The van der Waals surface area contributed by atoms with Gasteiger partial charge in [-0.25, -0.2) is 4.98 Å². The Morgan fingerprint density at radius 2 is 1.88 bits per heavy atom. The molecule has 0 atom stereocenters. The van der Waals surface area contributed by atoms with Crippen LogP contribution in [0.4, 0.5) is 0 Å². The van der Waals surface area contributed by atoms with Crippen molar-refractivity contribution < 1.29 is 9.84 Å². The highest BCUT2D eigenvalue weighted by atomic mass is 16.5. The number of ether oxygens (including phenoxy) is 1. The topological polar surface area (TPSA) is 42.4 Å². The molecular formula is C13H13NO2. The Morgan fingerprint density at radius 3 is 2.44 bits per heavy atom. The number of aryl methyl sites for hydroxylation is 1. The van der Waals surface area contributed by atoms with Gasteiger partial charge in [0.1, 0.15) is 5.75 Å². The molecule has 82 valence electrons. The molecule has 0 fully saturated rings. The first kappa shape index (κ1) is 10.6. The molecule has 1 aromatic heterocycles. The molecule has 0 unspecified atom stereocenters. The molecule has 3 nitrogen and oxygen atoms in total. The minimum atomic E-state index is 0.0447. The van der Waals surface area contributed by atoms with Crippen LogP contribution in [0.15, 0.2) is 42.6 Å². The normalized spacial score (nSPS) is 10.1. The summed E-state index contributed by atoms with van der Waals surface area (Å²) in [6, 6.07) is 11.0. The van der Waals surface area contributed by atoms with Crippen LogP contribution in [0, 0.1) is 6.92 Å². The average molecular weight is 215 g/mol. The van der Waals surface area contributed by atoms with Gasteiger partial charge in [0.2, 0.25) is 5.88 Å². The fourth-order valence-corrected chi connectivity index (χ4v) is 1.30. The quantitative estimate of drug-likeness (QED) is 0.855. The van der Waals surface area contributed by atoms with E-state index in [9.17, 15) is 0 Å². The summed E-state index contributed by atoms with van der Waals surface area (Å²) in [6.07, 6.45) is 1.76. The zero-order valence-electron chi connectivity index (χ0n) is 9.05. The summed E-state index contributed by atoms with van der Waals surface area (Å²) in [4.78, 5) is 4.14. The van der Waals surface area contributed by atoms with E-state index < -0.39 is 0 Å². The molecule has 2 aromatic rings. The maximum atomic E-state index is 8.90. The van der Waals surface area contributed by atoms with Crippen molar-refractivity contribution in [2.45, 2.75) is 13.5 Å². The molecular weight excluding hydrogens is 202 g/mol. The van der Waals surface area contributed by atoms with E-state index in [1.165, 1.54) is 0 Å². The van der Waals surface area contributed by atoms with Gasteiger partial charge in [-0.3, -0.25) is 0 Å². The lowest BCUT2D eigenvalue weighted by molar-refractivity contribution is 0.281. The Kier molecular flexibility index (Phi) is 3.17. The molecule has 1 heterocycles. The summed E-state index contributed by atoms with van der Waals surface area (Å²) >= 11 is 0. The fraction of sp³-hybridized carbons (Fsp3) is 0.154. The average Bonchev–Trinajstić information content (AvgIpc) is 2.33. The number of aromatic nitrogens is 1. The second-order valence-corrected chi connectivity index (χ2v) is 3.58. The van der Waals surface area contributed by atoms with Crippen molar-refractivity contribution in [3.05, 3.63) is 53.7 Å². The molecule has 0 spiro atoms. The van der Waals surface area contributed by atoms with Crippen LogP contribution >= 0.6 is 0 Å². The highest BCUT2D eigenvalue weighted by molar-refractivity contribution is 5.30. The van der Waals surface area contributed by atoms with Crippen molar-refractivity contribution in [3.8, 4) is 11.6 Å². The van der Waals surface area contributed by atoms with Gasteiger partial charge < -0.3 is 9.84 Å². The van der Waals surface area contributed by atoms with Crippen molar-refractivity contribution in [2.75, 3.05) is 0 Å². The van der Waals surface area contributed by atoms with Crippen LogP contribution in [0.5, 0.6) is 11.6 Å². The molecule has 0 aliphatic heterocycles. The molecule has 16 heavy (non-hydrogen) atoms. The lowest BCUT2D eigenvalue weighted by Gasteiger charge is -2.05. The third-order valence-corrected chi connectivity index (χ3v) is 2.21. The summed E-state index contributed by atoms with van der Waals surface area (Å²) in [5, 5.41) is 8.90. The highest BCUT2D eigenvalue weighted by Gasteiger charge is 1.98. The van der Waals surface area contributed by atoms with Crippen molar-refractivity contribution in [1.29, 1.82) is 0 Å². The maximum absolute atomic E-state index is 8.90. The zero-order valence-corrected chi connectivity index (χ0v) is 9.05. The fourth-order valence-electron chi connectivity index (χ4n) is 1.30. The van der Waals surface area contributed by atoms with E-state index in [0.717, 1.165) is 11.1 Å². The molecule has 0 saturated heterocycles. The molecule has 3 heteroatoms. The number of aliphatic hydroxyl groups is 1. The van der Waals surface area contributed by atoms with Crippen LogP contribution in [-0.2, 0) is 6.61 Å². The van der Waals surface area contributed by atoms with Crippen molar-refractivity contribution >= 4 is 0 Å². The van der Waals surface area contributed by atoms with E-state index in [2.05, 4.69) is 4.98 Å². The smallest absolute Gasteiger partial charge is 0.219 e. The second-order valence-electron chi connectivity index (χ2n) is 3.58. The summed E-state index contributed by atoms with van der Waals surface area (Å²) in [7, 11) is 0. The Bertz CT molecular complexity index is 448. The van der Waals surface area contributed by atoms with Crippen molar-refractivity contribution in [3.63, 3.8) is 0 Å². The number of pyridine rings is 1. The first-order chi connectivity index (χ1) is 7.78. The molecule has 2 rings (SSSR count). The standard InChI is InChI=1S/C13H13NO2/c1-10-2-7-13(14-8-10)16-12-5-3-11(9-15)4-6-12/h2-8,15H,9H2,1H3. The van der Waals surface area contributed by atoms with Gasteiger partial charge in [-0.2, -0.15) is 0 Å². The van der Waals surface area contributed by atoms with Gasteiger partial charge in [-0.05, 0) is 30.2 Å². The van der Waals surface area contributed by atoms with E-state index in [-0.39, 0.29) is 6.61 Å². The van der Waals surface area contributed by atoms with E-state index in [4.69, 9.17) is 9.84 Å². The summed E-state index contributed by atoms with van der Waals surface area (Å²) in [5.41, 5.74) is 1.96. The second kappa shape index (κ2) is 4.77. The number of rotatable bonds is 3. The SMILES string of the molecule is Cc1ccc(Oc2ccc(CO)cc2)nc1. The zero-order chi connectivity index (χ0) is 11.4. The van der Waals surface area contributed by atoms with Crippen LogP contribution in [0.1, 0.15) is 11.1 Å². The molecule has 0 aliphatic rings. The number of hydrogen-bond donors (Lipinski definition) is 1. The molecule has 0 bridgehead atoms. The number of nitrogens with zero attached hydrogens (tertiary/aromatic N) is 1. The Labute approximate surface area is 94.3 Å². The molecule has 0 aliphatic carbocycles. The monoisotopic (exact) mass is 215 g/mol. The van der Waals surface area contributed by atoms with E-state index in [1.807, 2.05) is 43.3 Å². The summed E-state index contributed by atoms with van der Waals surface area (Å²) in [6.45, 7) is 2.02. The van der Waals surface area contributed by atoms with Crippen LogP contribution < -0.4 is 4.74 Å². The molecule has 0 amide bonds. The van der Waals surface area contributed by atoms with Gasteiger partial charge in [0, 0.05) is 12.3 Å². The van der Waals surface area contributed by atoms with Crippen molar-refractivity contribution in [2.24, 2.45) is 0 Å². The van der Waals surface area contributed by atoms with Gasteiger partial charge in [-0.1, -0.05) is 18.2 Å². The summed E-state index contributed by atoms with van der Waals surface area (Å²) in [5.74, 6) is 1.29. The molecule has 0 saturated carbocycles. The Balaban J connectivity index is 2.11. The molecule has 1 aromatic carbocycles. The van der Waals surface area contributed by atoms with Crippen LogP contribution in [0.25, 0.3) is 0 Å². The van der Waals surface area contributed by atoms with E-state index in [1.54, 1.807) is 6.20 Å². The predicted molar refractivity (Wildman–Crippen MR) is 61.4 cm³/mol. The molecule has 0 radical (unpaired) electrons. The summed E-state index contributed by atoms with van der Waals surface area (Å²) < 4.78 is 5.54. The van der Waals surface area contributed by atoms with Gasteiger partial charge in [0.05, 0.1) is 6.61 Å². The van der Waals surface area contributed by atoms with Crippen LogP contribution in [0.3, 0.4) is 0 Å². The Hall–Kier alpha value is -1.87. The number of benzene rings is 1. The van der Waals surface area contributed by atoms with Gasteiger partial charge >= 0.3 is 0 Å². The number of hydrogen-bond acceptors (Lipinski definition) is 3. The van der Waals surface area contributed by atoms with E-state index >= 15 is 0 Å². The van der Waals surface area contributed by atoms with Gasteiger partial charge in [-0.15, -0.1) is 0 Å². The van der Waals surface area contributed by atoms with Crippen LogP contribution in [-0.4, -0.2) is 10.1 Å². The third kappa shape index (κ3) is 2.58. The lowest BCUT2D eigenvalue weighted by atomic mass is 10.2. The van der Waals surface area contributed by atoms with Gasteiger partial charge in [0.15, 0.2) is 0 Å². The maximum Gasteiger partial charge on any atom is 0.219 e. The van der Waals surface area contributed by atoms with Crippen LogP contribution in [0.2, 0.25) is 0 Å². The number of aliphatic hydroxyl groups excluding tert-OH is 1. The first-order valence-electron chi connectivity index (χ1n) is 5.08. The molecule has 1 N–H and O–H groups in total. The lowest BCUT2D eigenvalue weighted by Crippen LogP contribution is -1.88. The third-order valence-electron chi connectivity index (χ3n) is 2.21. The highest BCUT2D eigenvalue weighted by Crippen LogP contribution is 2.19. The largest absolute Gasteiger partial charge is 0.439 e. The Morgan fingerprint density at radius 1 is 1.12 bits per heavy atom. The minimum Gasteiger partial charge on any atom is -0.439 e. The van der Waals surface area contributed by atoms with E-state index in [0.29, 0.717) is 11.6 Å². The first-order valence-corrected chi connectivity index (χ1v) is 5.08. The van der Waals surface area contributed by atoms with Gasteiger partial charge in [0.25, 0.3) is 0 Å². The van der Waals surface area contributed by atoms with Crippen molar-refractivity contribution in [1.82, 2.24) is 4.98 Å².